The Morgan fingerprint density at radius 2 is 1.81 bits per heavy atom. The van der Waals surface area contributed by atoms with Crippen molar-refractivity contribution in [3.63, 3.8) is 0 Å². The maximum absolute atomic E-state index is 12.2. The normalized spacial score (nSPS) is 10.2. The molecule has 0 saturated heterocycles. The zero-order valence-corrected chi connectivity index (χ0v) is 14.4. The van der Waals surface area contributed by atoms with E-state index < -0.39 is 11.8 Å². The molecule has 0 fully saturated rings. The van der Waals surface area contributed by atoms with Crippen LogP contribution in [0.1, 0.15) is 20.7 Å². The second kappa shape index (κ2) is 7.47. The van der Waals surface area contributed by atoms with Gasteiger partial charge in [-0.3, -0.25) is 25.0 Å². The lowest BCUT2D eigenvalue weighted by Crippen LogP contribution is -2.41. The van der Waals surface area contributed by atoms with Gasteiger partial charge in [0, 0.05) is 43.9 Å². The van der Waals surface area contributed by atoms with Crippen LogP contribution in [0.4, 0.5) is 5.69 Å². The number of rotatable bonds is 4. The van der Waals surface area contributed by atoms with Crippen LogP contribution in [-0.2, 0) is 0 Å². The van der Waals surface area contributed by atoms with Gasteiger partial charge in [-0.05, 0) is 30.3 Å². The highest BCUT2D eigenvalue weighted by Gasteiger charge is 2.10. The number of amides is 2. The molecule has 2 aromatic heterocycles. The van der Waals surface area contributed by atoms with Crippen LogP contribution in [0.2, 0.25) is 0 Å². The number of hydrazine groups is 1. The number of aromatic nitrogens is 3. The Labute approximate surface area is 150 Å². The molecule has 3 rings (SSSR count). The van der Waals surface area contributed by atoms with E-state index in [1.54, 1.807) is 53.6 Å². The van der Waals surface area contributed by atoms with E-state index in [0.717, 1.165) is 5.69 Å². The van der Waals surface area contributed by atoms with E-state index in [4.69, 9.17) is 0 Å². The lowest BCUT2D eigenvalue weighted by molar-refractivity contribution is 0.0846. The van der Waals surface area contributed by atoms with Crippen LogP contribution in [0, 0.1) is 0 Å². The average Bonchev–Trinajstić information content (AvgIpc) is 3.21. The predicted molar refractivity (Wildman–Crippen MR) is 97.1 cm³/mol. The molecule has 0 aliphatic rings. The Morgan fingerprint density at radius 1 is 1.04 bits per heavy atom. The van der Waals surface area contributed by atoms with Gasteiger partial charge in [0.05, 0.1) is 5.56 Å². The Balaban J connectivity index is 1.61. The fourth-order valence-electron chi connectivity index (χ4n) is 2.25. The molecule has 8 nitrogen and oxygen atoms in total. The molecule has 0 atom stereocenters. The van der Waals surface area contributed by atoms with Gasteiger partial charge in [0.1, 0.15) is 12.1 Å². The SMILES string of the molecule is CN(C)c1cccc(C(=O)NNC(=O)c2ccc(-n3ccnc3)nc2)c1. The smallest absolute Gasteiger partial charge is 0.271 e. The maximum Gasteiger partial charge on any atom is 0.271 e. The number of carbonyl (C=O) groups is 2. The third kappa shape index (κ3) is 3.86. The molecule has 2 amide bonds. The monoisotopic (exact) mass is 350 g/mol. The molecule has 0 unspecified atom stereocenters. The third-order valence-corrected chi connectivity index (χ3v) is 3.69. The first-order valence-corrected chi connectivity index (χ1v) is 7.87. The second-order valence-electron chi connectivity index (χ2n) is 5.73. The summed E-state index contributed by atoms with van der Waals surface area (Å²) in [6.45, 7) is 0. The molecule has 0 spiro atoms. The van der Waals surface area contributed by atoms with E-state index in [2.05, 4.69) is 20.8 Å². The standard InChI is InChI=1S/C18H18N6O2/c1-23(2)15-5-3-4-13(10-15)17(25)21-22-18(26)14-6-7-16(20-11-14)24-9-8-19-12-24/h3-12H,1-2H3,(H,21,25)(H,22,26). The maximum atomic E-state index is 12.2. The number of hydrogen-bond donors (Lipinski definition) is 2. The summed E-state index contributed by atoms with van der Waals surface area (Å²) >= 11 is 0. The molecular formula is C18H18N6O2. The van der Waals surface area contributed by atoms with Crippen LogP contribution in [0.25, 0.3) is 5.82 Å². The highest BCUT2D eigenvalue weighted by molar-refractivity contribution is 5.99. The number of anilines is 1. The van der Waals surface area contributed by atoms with E-state index in [1.165, 1.54) is 6.20 Å². The van der Waals surface area contributed by atoms with Crippen LogP contribution in [0.15, 0.2) is 61.3 Å². The van der Waals surface area contributed by atoms with E-state index in [-0.39, 0.29) is 0 Å². The van der Waals surface area contributed by atoms with Gasteiger partial charge in [0.25, 0.3) is 11.8 Å². The molecule has 132 valence electrons. The number of carbonyl (C=O) groups excluding carboxylic acids is 2. The minimum absolute atomic E-state index is 0.330. The lowest BCUT2D eigenvalue weighted by Gasteiger charge is -2.13. The number of nitrogens with zero attached hydrogens (tertiary/aromatic N) is 4. The van der Waals surface area contributed by atoms with Crippen LogP contribution >= 0.6 is 0 Å². The Morgan fingerprint density at radius 3 is 2.42 bits per heavy atom. The van der Waals surface area contributed by atoms with Crippen LogP contribution in [-0.4, -0.2) is 40.4 Å². The minimum Gasteiger partial charge on any atom is -0.378 e. The largest absolute Gasteiger partial charge is 0.378 e. The zero-order chi connectivity index (χ0) is 18.5. The van der Waals surface area contributed by atoms with Crippen LogP contribution < -0.4 is 15.8 Å². The number of pyridine rings is 1. The Bertz CT molecular complexity index is 904. The molecule has 1 aromatic carbocycles. The summed E-state index contributed by atoms with van der Waals surface area (Å²) in [5.74, 6) is -0.208. The molecule has 0 saturated carbocycles. The summed E-state index contributed by atoms with van der Waals surface area (Å²) < 4.78 is 1.72. The van der Waals surface area contributed by atoms with Gasteiger partial charge in [-0.15, -0.1) is 0 Å². The first kappa shape index (κ1) is 17.2. The predicted octanol–water partition coefficient (Wildman–Crippen LogP) is 1.41. The number of benzene rings is 1. The number of imidazole rings is 1. The molecule has 2 N–H and O–H groups in total. The first-order chi connectivity index (χ1) is 12.5. The highest BCUT2D eigenvalue weighted by Crippen LogP contribution is 2.13. The van der Waals surface area contributed by atoms with E-state index >= 15 is 0 Å². The van der Waals surface area contributed by atoms with Crippen LogP contribution in [0.3, 0.4) is 0 Å². The van der Waals surface area contributed by atoms with E-state index in [0.29, 0.717) is 16.9 Å². The van der Waals surface area contributed by atoms with Crippen molar-refractivity contribution in [3.05, 3.63) is 72.4 Å². The molecule has 3 aromatic rings. The van der Waals surface area contributed by atoms with Crippen molar-refractivity contribution in [2.75, 3.05) is 19.0 Å². The number of hydrogen-bond acceptors (Lipinski definition) is 5. The van der Waals surface area contributed by atoms with Crippen molar-refractivity contribution in [1.82, 2.24) is 25.4 Å². The van der Waals surface area contributed by atoms with Crippen molar-refractivity contribution in [3.8, 4) is 5.82 Å². The summed E-state index contributed by atoms with van der Waals surface area (Å²) in [4.78, 5) is 34.4. The van der Waals surface area contributed by atoms with Crippen molar-refractivity contribution < 1.29 is 9.59 Å². The van der Waals surface area contributed by atoms with Crippen molar-refractivity contribution in [1.29, 1.82) is 0 Å². The lowest BCUT2D eigenvalue weighted by atomic mass is 10.2. The average molecular weight is 350 g/mol. The molecule has 0 aliphatic heterocycles. The van der Waals surface area contributed by atoms with Gasteiger partial charge in [0.15, 0.2) is 0 Å². The van der Waals surface area contributed by atoms with Gasteiger partial charge in [-0.2, -0.15) is 0 Å². The highest BCUT2D eigenvalue weighted by atomic mass is 16.2. The van der Waals surface area contributed by atoms with Gasteiger partial charge < -0.3 is 4.90 Å². The number of nitrogens with one attached hydrogen (secondary N) is 2. The van der Waals surface area contributed by atoms with Crippen molar-refractivity contribution >= 4 is 17.5 Å². The Hall–Kier alpha value is -3.68. The van der Waals surface area contributed by atoms with Gasteiger partial charge in [-0.1, -0.05) is 6.07 Å². The topological polar surface area (TPSA) is 92.2 Å². The van der Waals surface area contributed by atoms with E-state index in [1.807, 2.05) is 25.1 Å². The van der Waals surface area contributed by atoms with E-state index in [9.17, 15) is 9.59 Å². The summed E-state index contributed by atoms with van der Waals surface area (Å²) in [5.41, 5.74) is 6.47. The molecule has 26 heavy (non-hydrogen) atoms. The Kier molecular flexibility index (Phi) is 4.93. The summed E-state index contributed by atoms with van der Waals surface area (Å²) in [6, 6.07) is 10.4. The summed E-state index contributed by atoms with van der Waals surface area (Å²) in [6.07, 6.45) is 6.45. The molecular weight excluding hydrogens is 332 g/mol. The third-order valence-electron chi connectivity index (χ3n) is 3.69. The van der Waals surface area contributed by atoms with Crippen molar-refractivity contribution in [2.24, 2.45) is 0 Å². The van der Waals surface area contributed by atoms with Crippen LogP contribution in [0.5, 0.6) is 0 Å². The van der Waals surface area contributed by atoms with Gasteiger partial charge in [-0.25, -0.2) is 9.97 Å². The fraction of sp³-hybridized carbons (Fsp3) is 0.111. The van der Waals surface area contributed by atoms with Gasteiger partial charge >= 0.3 is 0 Å². The fourth-order valence-corrected chi connectivity index (χ4v) is 2.25. The summed E-state index contributed by atoms with van der Waals surface area (Å²) in [5, 5.41) is 0. The first-order valence-electron chi connectivity index (χ1n) is 7.87. The van der Waals surface area contributed by atoms with Gasteiger partial charge in [0.2, 0.25) is 0 Å². The second-order valence-corrected chi connectivity index (χ2v) is 5.73. The molecule has 0 radical (unpaired) electrons. The summed E-state index contributed by atoms with van der Waals surface area (Å²) in [7, 11) is 3.78. The molecule has 8 heteroatoms. The molecule has 0 aliphatic carbocycles. The molecule has 0 bridgehead atoms. The molecule has 2 heterocycles. The minimum atomic E-state index is -0.452. The van der Waals surface area contributed by atoms with Crippen molar-refractivity contribution in [2.45, 2.75) is 0 Å². The quantitative estimate of drug-likeness (QED) is 0.694. The zero-order valence-electron chi connectivity index (χ0n) is 14.4.